The van der Waals surface area contributed by atoms with Crippen LogP contribution in [0.1, 0.15) is 5.56 Å². The highest BCUT2D eigenvalue weighted by molar-refractivity contribution is 5.13. The van der Waals surface area contributed by atoms with Gasteiger partial charge in [-0.15, -0.1) is 0 Å². The summed E-state index contributed by atoms with van der Waals surface area (Å²) in [6, 6.07) is 10.2. The minimum atomic E-state index is 0.0327. The molecule has 0 bridgehead atoms. The standard InChI is InChI=1S/C13H17NO3/c1-14-13-12-11(17-12)10(16-13)8-15-7-9-5-3-2-4-6-9/h2-6,10-14H,7-8H2,1H3/t10-,11+,12+,13?/m1/s1. The molecule has 0 amide bonds. The molecule has 0 saturated carbocycles. The lowest BCUT2D eigenvalue weighted by Gasteiger charge is -2.16. The van der Waals surface area contributed by atoms with Crippen LogP contribution in [0.4, 0.5) is 0 Å². The lowest BCUT2D eigenvalue weighted by molar-refractivity contribution is -0.0782. The third-order valence-corrected chi connectivity index (χ3v) is 3.23. The molecule has 0 aromatic heterocycles. The Bertz CT molecular complexity index is 370. The molecule has 1 N–H and O–H groups in total. The highest BCUT2D eigenvalue weighted by atomic mass is 16.7. The van der Waals surface area contributed by atoms with Gasteiger partial charge in [0.25, 0.3) is 0 Å². The number of benzene rings is 1. The van der Waals surface area contributed by atoms with Gasteiger partial charge in [0.2, 0.25) is 0 Å². The number of nitrogens with one attached hydrogen (secondary N) is 1. The molecule has 0 radical (unpaired) electrons. The van der Waals surface area contributed by atoms with E-state index in [2.05, 4.69) is 17.4 Å². The first-order valence-electron chi connectivity index (χ1n) is 5.98. The minimum absolute atomic E-state index is 0.0327. The normalized spacial score (nSPS) is 34.6. The molecule has 2 fully saturated rings. The largest absolute Gasteiger partial charge is 0.374 e. The second-order valence-corrected chi connectivity index (χ2v) is 4.45. The van der Waals surface area contributed by atoms with E-state index in [4.69, 9.17) is 14.2 Å². The number of ether oxygens (including phenoxy) is 3. The van der Waals surface area contributed by atoms with Crippen molar-refractivity contribution in [1.82, 2.24) is 5.32 Å². The van der Waals surface area contributed by atoms with Crippen LogP contribution in [0, 0.1) is 0 Å². The SMILES string of the molecule is CNC1O[C@H](COCc2ccccc2)[C@@H]2O[C@H]12. The number of rotatable bonds is 5. The number of epoxide rings is 1. The molecular weight excluding hydrogens is 218 g/mol. The molecule has 1 aromatic rings. The van der Waals surface area contributed by atoms with Gasteiger partial charge in [0.15, 0.2) is 0 Å². The Morgan fingerprint density at radius 2 is 2.00 bits per heavy atom. The van der Waals surface area contributed by atoms with Crippen LogP contribution in [0.3, 0.4) is 0 Å². The number of hydrogen-bond acceptors (Lipinski definition) is 4. The molecule has 1 unspecified atom stereocenters. The molecule has 92 valence electrons. The molecular formula is C13H17NO3. The van der Waals surface area contributed by atoms with Crippen LogP contribution in [0.5, 0.6) is 0 Å². The first-order valence-corrected chi connectivity index (χ1v) is 5.98. The van der Waals surface area contributed by atoms with E-state index in [-0.39, 0.29) is 24.5 Å². The molecule has 2 saturated heterocycles. The lowest BCUT2D eigenvalue weighted by Crippen LogP contribution is -2.33. The third-order valence-electron chi connectivity index (χ3n) is 3.23. The van der Waals surface area contributed by atoms with Crippen molar-refractivity contribution in [2.24, 2.45) is 0 Å². The van der Waals surface area contributed by atoms with Crippen LogP contribution in [-0.4, -0.2) is 38.2 Å². The van der Waals surface area contributed by atoms with Gasteiger partial charge in [-0.25, -0.2) is 0 Å². The van der Waals surface area contributed by atoms with Crippen molar-refractivity contribution in [1.29, 1.82) is 0 Å². The number of hydrogen-bond donors (Lipinski definition) is 1. The van der Waals surface area contributed by atoms with Gasteiger partial charge >= 0.3 is 0 Å². The van der Waals surface area contributed by atoms with Gasteiger partial charge in [0.05, 0.1) is 13.2 Å². The van der Waals surface area contributed by atoms with Gasteiger partial charge in [0.1, 0.15) is 24.5 Å². The Kier molecular flexibility index (Phi) is 3.11. The second kappa shape index (κ2) is 4.74. The predicted octanol–water partition coefficient (Wildman–Crippen LogP) is 0.915. The fourth-order valence-electron chi connectivity index (χ4n) is 2.26. The van der Waals surface area contributed by atoms with Crippen LogP contribution in [0.2, 0.25) is 0 Å². The van der Waals surface area contributed by atoms with Gasteiger partial charge in [-0.1, -0.05) is 30.3 Å². The average molecular weight is 235 g/mol. The Balaban J connectivity index is 1.44. The van der Waals surface area contributed by atoms with Crippen molar-refractivity contribution < 1.29 is 14.2 Å². The summed E-state index contributed by atoms with van der Waals surface area (Å²) in [4.78, 5) is 0. The summed E-state index contributed by atoms with van der Waals surface area (Å²) in [5.41, 5.74) is 1.18. The predicted molar refractivity (Wildman–Crippen MR) is 62.5 cm³/mol. The lowest BCUT2D eigenvalue weighted by atomic mass is 10.2. The van der Waals surface area contributed by atoms with Crippen molar-refractivity contribution in [3.05, 3.63) is 35.9 Å². The average Bonchev–Trinajstić information content (AvgIpc) is 3.09. The van der Waals surface area contributed by atoms with E-state index in [9.17, 15) is 0 Å². The summed E-state index contributed by atoms with van der Waals surface area (Å²) in [5.74, 6) is 0. The van der Waals surface area contributed by atoms with E-state index < -0.39 is 0 Å². The first kappa shape index (κ1) is 11.2. The van der Waals surface area contributed by atoms with Crippen LogP contribution in [-0.2, 0) is 20.8 Å². The minimum Gasteiger partial charge on any atom is -0.374 e. The number of likely N-dealkylation sites (N-methyl/N-ethyl adjacent to an activating group) is 1. The molecule has 2 aliphatic heterocycles. The van der Waals surface area contributed by atoms with Gasteiger partial charge < -0.3 is 14.2 Å². The Morgan fingerprint density at radius 1 is 1.18 bits per heavy atom. The summed E-state index contributed by atoms with van der Waals surface area (Å²) in [6.07, 6.45) is 0.556. The quantitative estimate of drug-likeness (QED) is 0.771. The van der Waals surface area contributed by atoms with Crippen molar-refractivity contribution in [2.75, 3.05) is 13.7 Å². The summed E-state index contributed by atoms with van der Waals surface area (Å²) >= 11 is 0. The summed E-state index contributed by atoms with van der Waals surface area (Å²) in [7, 11) is 1.89. The van der Waals surface area contributed by atoms with Crippen LogP contribution in [0.25, 0.3) is 0 Å². The van der Waals surface area contributed by atoms with E-state index >= 15 is 0 Å². The topological polar surface area (TPSA) is 43.0 Å². The maximum atomic E-state index is 5.75. The van der Waals surface area contributed by atoms with E-state index in [1.807, 2.05) is 25.2 Å². The van der Waals surface area contributed by atoms with E-state index in [1.54, 1.807) is 0 Å². The van der Waals surface area contributed by atoms with Gasteiger partial charge in [0, 0.05) is 0 Å². The maximum Gasteiger partial charge on any atom is 0.137 e. The molecule has 2 aliphatic rings. The van der Waals surface area contributed by atoms with Crippen LogP contribution >= 0.6 is 0 Å². The van der Waals surface area contributed by atoms with Crippen molar-refractivity contribution in [3.63, 3.8) is 0 Å². The molecule has 3 rings (SSSR count). The Labute approximate surface area is 101 Å². The molecule has 0 aliphatic carbocycles. The zero-order valence-electron chi connectivity index (χ0n) is 9.84. The molecule has 4 heteroatoms. The van der Waals surface area contributed by atoms with Gasteiger partial charge in [-0.2, -0.15) is 0 Å². The smallest absolute Gasteiger partial charge is 0.137 e. The molecule has 17 heavy (non-hydrogen) atoms. The zero-order valence-corrected chi connectivity index (χ0v) is 9.84. The fraction of sp³-hybridized carbons (Fsp3) is 0.538. The molecule has 4 nitrogen and oxygen atoms in total. The fourth-order valence-corrected chi connectivity index (χ4v) is 2.26. The van der Waals surface area contributed by atoms with Crippen LogP contribution < -0.4 is 5.32 Å². The van der Waals surface area contributed by atoms with Crippen molar-refractivity contribution in [2.45, 2.75) is 31.1 Å². The monoisotopic (exact) mass is 235 g/mol. The van der Waals surface area contributed by atoms with Gasteiger partial charge in [-0.3, -0.25) is 5.32 Å². The van der Waals surface area contributed by atoms with Crippen molar-refractivity contribution >= 4 is 0 Å². The highest BCUT2D eigenvalue weighted by Gasteiger charge is 2.57. The van der Waals surface area contributed by atoms with Crippen LogP contribution in [0.15, 0.2) is 30.3 Å². The second-order valence-electron chi connectivity index (χ2n) is 4.45. The van der Waals surface area contributed by atoms with E-state index in [1.165, 1.54) is 5.56 Å². The number of fused-ring (bicyclic) bond motifs is 1. The summed E-state index contributed by atoms with van der Waals surface area (Å²) in [5, 5.41) is 3.09. The van der Waals surface area contributed by atoms with Gasteiger partial charge in [-0.05, 0) is 12.6 Å². The summed E-state index contributed by atoms with van der Waals surface area (Å²) in [6.45, 7) is 1.22. The van der Waals surface area contributed by atoms with E-state index in [0.717, 1.165) is 0 Å². The molecule has 1 aromatic carbocycles. The Morgan fingerprint density at radius 3 is 2.71 bits per heavy atom. The van der Waals surface area contributed by atoms with E-state index in [0.29, 0.717) is 13.2 Å². The summed E-state index contributed by atoms with van der Waals surface area (Å²) < 4.78 is 16.9. The zero-order chi connectivity index (χ0) is 11.7. The Hall–Kier alpha value is -0.940. The maximum absolute atomic E-state index is 5.75. The highest BCUT2D eigenvalue weighted by Crippen LogP contribution is 2.38. The molecule has 0 spiro atoms. The third kappa shape index (κ3) is 2.35. The van der Waals surface area contributed by atoms with Crippen molar-refractivity contribution in [3.8, 4) is 0 Å². The first-order chi connectivity index (χ1) is 8.38. The molecule has 4 atom stereocenters. The molecule has 2 heterocycles.